The lowest BCUT2D eigenvalue weighted by atomic mass is 10.1. The average molecular weight is 347 g/mol. The maximum Gasteiger partial charge on any atom is 0.275 e. The molecule has 0 radical (unpaired) electrons. The van der Waals surface area contributed by atoms with E-state index in [1.54, 1.807) is 4.57 Å². The second kappa shape index (κ2) is 6.61. The highest BCUT2D eigenvalue weighted by Crippen LogP contribution is 2.32. The van der Waals surface area contributed by atoms with Crippen LogP contribution < -0.4 is 5.56 Å². The summed E-state index contributed by atoms with van der Waals surface area (Å²) >= 11 is 0. The normalized spacial score (nSPS) is 12.0. The lowest BCUT2D eigenvalue weighted by molar-refractivity contribution is 0.293. The Balaban J connectivity index is 2.09. The van der Waals surface area contributed by atoms with Crippen LogP contribution in [0.5, 0.6) is 0 Å². The second-order valence-electron chi connectivity index (χ2n) is 6.80. The summed E-state index contributed by atoms with van der Waals surface area (Å²) < 4.78 is 4.00. The van der Waals surface area contributed by atoms with Crippen molar-refractivity contribution in [1.82, 2.24) is 14.0 Å². The highest BCUT2D eigenvalue weighted by Gasteiger charge is 2.18. The number of fused-ring (bicyclic) bond motifs is 5. The summed E-state index contributed by atoms with van der Waals surface area (Å²) in [5.74, 6) is 0. The Kier molecular flexibility index (Phi) is 4.29. The summed E-state index contributed by atoms with van der Waals surface area (Å²) in [6, 6.07) is 16.6. The Morgan fingerprint density at radius 3 is 2.12 bits per heavy atom. The maximum atomic E-state index is 13.2. The Labute approximate surface area is 153 Å². The van der Waals surface area contributed by atoms with Crippen molar-refractivity contribution in [1.29, 1.82) is 0 Å². The van der Waals surface area contributed by atoms with E-state index in [2.05, 4.69) is 53.6 Å². The fourth-order valence-corrected chi connectivity index (χ4v) is 4.06. The number of aromatic nitrogens is 2. The van der Waals surface area contributed by atoms with Crippen molar-refractivity contribution in [3.05, 3.63) is 58.9 Å². The third-order valence-electron chi connectivity index (χ3n) is 5.55. The number of benzene rings is 2. The van der Waals surface area contributed by atoms with Crippen molar-refractivity contribution < 1.29 is 0 Å². The van der Waals surface area contributed by atoms with Gasteiger partial charge in [-0.1, -0.05) is 50.2 Å². The van der Waals surface area contributed by atoms with E-state index < -0.39 is 0 Å². The van der Waals surface area contributed by atoms with Crippen molar-refractivity contribution in [3.8, 4) is 0 Å². The van der Waals surface area contributed by atoms with E-state index >= 15 is 0 Å². The van der Waals surface area contributed by atoms with Gasteiger partial charge in [-0.2, -0.15) is 0 Å². The van der Waals surface area contributed by atoms with Crippen LogP contribution >= 0.6 is 0 Å². The fourth-order valence-electron chi connectivity index (χ4n) is 4.06. The lowest BCUT2D eigenvalue weighted by Crippen LogP contribution is -2.28. The van der Waals surface area contributed by atoms with E-state index in [-0.39, 0.29) is 5.56 Å². The topological polar surface area (TPSA) is 30.2 Å². The van der Waals surface area contributed by atoms with Crippen LogP contribution in [0.25, 0.3) is 32.7 Å². The third kappa shape index (κ3) is 2.44. The molecule has 0 spiro atoms. The van der Waals surface area contributed by atoms with Crippen LogP contribution in [-0.4, -0.2) is 33.7 Å². The van der Waals surface area contributed by atoms with Crippen LogP contribution in [0.2, 0.25) is 0 Å². The first kappa shape index (κ1) is 16.9. The van der Waals surface area contributed by atoms with Crippen LogP contribution in [0, 0.1) is 0 Å². The van der Waals surface area contributed by atoms with Gasteiger partial charge >= 0.3 is 0 Å². The van der Waals surface area contributed by atoms with Crippen molar-refractivity contribution >= 4 is 32.7 Å². The molecule has 0 aliphatic rings. The van der Waals surface area contributed by atoms with Crippen molar-refractivity contribution in [3.63, 3.8) is 0 Å². The van der Waals surface area contributed by atoms with Gasteiger partial charge in [-0.25, -0.2) is 0 Å². The number of likely N-dealkylation sites (N-methyl/N-ethyl adjacent to an activating group) is 1. The van der Waals surface area contributed by atoms with Crippen LogP contribution in [0.4, 0.5) is 0 Å². The molecular formula is C22H25N3O. The number of aryl methyl sites for hydroxylation is 1. The molecule has 4 rings (SSSR count). The number of nitrogens with zero attached hydrogens (tertiary/aromatic N) is 3. The minimum atomic E-state index is 0.0782. The molecule has 0 bridgehead atoms. The van der Waals surface area contributed by atoms with Gasteiger partial charge in [0.1, 0.15) is 5.52 Å². The summed E-state index contributed by atoms with van der Waals surface area (Å²) in [7, 11) is 1.87. The van der Waals surface area contributed by atoms with E-state index in [9.17, 15) is 4.79 Å². The number of hydrogen-bond acceptors (Lipinski definition) is 2. The minimum absolute atomic E-state index is 0.0782. The SMILES string of the molecule is CCN(CC)CCn1c2ccccc2c2c3ccccc3n(C)c(=O)c21. The summed E-state index contributed by atoms with van der Waals surface area (Å²) in [4.78, 5) is 15.6. The predicted molar refractivity (Wildman–Crippen MR) is 110 cm³/mol. The molecule has 4 nitrogen and oxygen atoms in total. The van der Waals surface area contributed by atoms with Crippen LogP contribution in [0.1, 0.15) is 13.8 Å². The zero-order chi connectivity index (χ0) is 18.3. The lowest BCUT2D eigenvalue weighted by Gasteiger charge is -2.19. The van der Waals surface area contributed by atoms with Gasteiger partial charge in [0.25, 0.3) is 5.56 Å². The molecule has 2 aromatic heterocycles. The molecule has 0 unspecified atom stereocenters. The van der Waals surface area contributed by atoms with Crippen LogP contribution in [0.3, 0.4) is 0 Å². The summed E-state index contributed by atoms with van der Waals surface area (Å²) in [6.45, 7) is 8.17. The van der Waals surface area contributed by atoms with E-state index in [0.29, 0.717) is 0 Å². The molecule has 2 aromatic carbocycles. The number of hydrogen-bond donors (Lipinski definition) is 0. The Bertz CT molecular complexity index is 1150. The molecule has 26 heavy (non-hydrogen) atoms. The van der Waals surface area contributed by atoms with Crippen molar-refractivity contribution in [2.75, 3.05) is 19.6 Å². The molecule has 0 aliphatic carbocycles. The Hall–Kier alpha value is -2.59. The Morgan fingerprint density at radius 1 is 0.885 bits per heavy atom. The van der Waals surface area contributed by atoms with Gasteiger partial charge in [0, 0.05) is 41.8 Å². The van der Waals surface area contributed by atoms with Gasteiger partial charge in [0.05, 0.1) is 5.52 Å². The second-order valence-corrected chi connectivity index (χ2v) is 6.80. The first-order valence-corrected chi connectivity index (χ1v) is 9.38. The first-order valence-electron chi connectivity index (χ1n) is 9.38. The highest BCUT2D eigenvalue weighted by molar-refractivity contribution is 6.19. The van der Waals surface area contributed by atoms with Gasteiger partial charge in [0.2, 0.25) is 0 Å². The van der Waals surface area contributed by atoms with Crippen LogP contribution in [0.15, 0.2) is 53.3 Å². The molecule has 0 atom stereocenters. The van der Waals surface area contributed by atoms with Crippen molar-refractivity contribution in [2.24, 2.45) is 7.05 Å². The Morgan fingerprint density at radius 2 is 1.46 bits per heavy atom. The first-order chi connectivity index (χ1) is 12.7. The molecule has 4 aromatic rings. The largest absolute Gasteiger partial charge is 0.335 e. The molecule has 0 saturated carbocycles. The average Bonchev–Trinajstić information content (AvgIpc) is 3.02. The zero-order valence-corrected chi connectivity index (χ0v) is 15.7. The predicted octanol–water partition coefficient (Wildman–Crippen LogP) is 3.99. The van der Waals surface area contributed by atoms with Gasteiger partial charge in [0.15, 0.2) is 0 Å². The highest BCUT2D eigenvalue weighted by atomic mass is 16.1. The third-order valence-corrected chi connectivity index (χ3v) is 5.55. The number of para-hydroxylation sites is 2. The van der Waals surface area contributed by atoms with Crippen LogP contribution in [-0.2, 0) is 13.6 Å². The molecule has 0 N–H and O–H groups in total. The minimum Gasteiger partial charge on any atom is -0.335 e. The molecule has 0 saturated heterocycles. The van der Waals surface area contributed by atoms with E-state index in [1.807, 2.05) is 25.2 Å². The number of rotatable bonds is 5. The summed E-state index contributed by atoms with van der Waals surface area (Å²) in [6.07, 6.45) is 0. The fraction of sp³-hybridized carbons (Fsp3) is 0.318. The zero-order valence-electron chi connectivity index (χ0n) is 15.7. The van der Waals surface area contributed by atoms with Gasteiger partial charge < -0.3 is 14.0 Å². The standard InChI is InChI=1S/C22H25N3O/c1-4-24(5-2)14-15-25-19-13-9-7-11-17(19)20-16-10-6-8-12-18(16)23(3)22(26)21(20)25/h6-13H,4-5,14-15H2,1-3H3. The molecular weight excluding hydrogens is 322 g/mol. The molecule has 134 valence electrons. The van der Waals surface area contributed by atoms with Crippen molar-refractivity contribution in [2.45, 2.75) is 20.4 Å². The van der Waals surface area contributed by atoms with E-state index in [1.165, 1.54) is 0 Å². The van der Waals surface area contributed by atoms with E-state index in [4.69, 9.17) is 0 Å². The van der Waals surface area contributed by atoms with Gasteiger partial charge in [-0.3, -0.25) is 4.79 Å². The molecule has 4 heteroatoms. The molecule has 0 amide bonds. The van der Waals surface area contributed by atoms with Gasteiger partial charge in [-0.15, -0.1) is 0 Å². The van der Waals surface area contributed by atoms with Gasteiger partial charge in [-0.05, 0) is 25.2 Å². The molecule has 0 fully saturated rings. The molecule has 2 heterocycles. The monoisotopic (exact) mass is 347 g/mol. The molecule has 0 aliphatic heterocycles. The summed E-state index contributed by atoms with van der Waals surface area (Å²) in [5, 5.41) is 3.39. The quantitative estimate of drug-likeness (QED) is 0.546. The maximum absolute atomic E-state index is 13.2. The smallest absolute Gasteiger partial charge is 0.275 e. The van der Waals surface area contributed by atoms with E-state index in [0.717, 1.165) is 58.9 Å². The number of pyridine rings is 1. The summed E-state index contributed by atoms with van der Waals surface area (Å²) in [5.41, 5.74) is 3.02.